The maximum absolute atomic E-state index is 6.50. The van der Waals surface area contributed by atoms with E-state index in [1.165, 1.54) is 5.56 Å². The van der Waals surface area contributed by atoms with Crippen LogP contribution < -0.4 is 27.9 Å². The summed E-state index contributed by atoms with van der Waals surface area (Å²) in [5.41, 5.74) is 4.03. The Balaban J connectivity index is 1.72. The van der Waals surface area contributed by atoms with E-state index in [1.807, 2.05) is 36.4 Å². The van der Waals surface area contributed by atoms with E-state index in [2.05, 4.69) is 42.2 Å². The maximum atomic E-state index is 6.50. The smallest absolute Gasteiger partial charge is 0.203 e. The Kier molecular flexibility index (Phi) is 6.33. The number of anilines is 1. The molecule has 0 radical (unpaired) electrons. The second kappa shape index (κ2) is 9.19. The molecule has 0 spiro atoms. The van der Waals surface area contributed by atoms with E-state index in [1.54, 1.807) is 28.4 Å². The van der Waals surface area contributed by atoms with Crippen molar-refractivity contribution in [3.63, 3.8) is 0 Å². The quantitative estimate of drug-likeness (QED) is 0.410. The number of ether oxygens (including phenoxy) is 4. The molecule has 0 saturated heterocycles. The van der Waals surface area contributed by atoms with Crippen LogP contribution in [-0.2, 0) is 0 Å². The third-order valence-corrected chi connectivity index (χ3v) is 7.80. The Labute approximate surface area is 196 Å². The second-order valence-electron chi connectivity index (χ2n) is 7.70. The number of nitrogens with one attached hydrogen (secondary N) is 1. The minimum atomic E-state index is -1.75. The van der Waals surface area contributed by atoms with Gasteiger partial charge in [-0.3, -0.25) is 0 Å². The topological polar surface area (TPSA) is 58.2 Å². The summed E-state index contributed by atoms with van der Waals surface area (Å²) in [5, 5.41) is 0. The molecule has 1 unspecified atom stereocenters. The van der Waals surface area contributed by atoms with Crippen molar-refractivity contribution in [3.8, 4) is 28.7 Å². The van der Waals surface area contributed by atoms with Crippen molar-refractivity contribution in [2.75, 3.05) is 39.4 Å². The molecule has 33 heavy (non-hydrogen) atoms. The molecule has 0 saturated carbocycles. The Bertz CT molecular complexity index is 1170. The van der Waals surface area contributed by atoms with Crippen LogP contribution in [0.5, 0.6) is 28.7 Å². The summed E-state index contributed by atoms with van der Waals surface area (Å²) in [6.45, 7) is 2.08. The van der Waals surface area contributed by atoms with Crippen LogP contribution >= 0.6 is 10.5 Å². The van der Waals surface area contributed by atoms with Crippen molar-refractivity contribution in [3.05, 3.63) is 65.2 Å². The van der Waals surface area contributed by atoms with Crippen molar-refractivity contribution in [2.24, 2.45) is 0 Å². The highest BCUT2D eigenvalue weighted by Crippen LogP contribution is 2.63. The van der Waals surface area contributed by atoms with Crippen molar-refractivity contribution in [1.82, 2.24) is 0 Å². The fraction of sp³-hybridized carbons (Fsp3) is 0.231. The number of rotatable bonds is 7. The lowest BCUT2D eigenvalue weighted by molar-refractivity contribution is 0.324. The monoisotopic (exact) mass is 467 g/mol. The molecule has 6 nitrogen and oxygen atoms in total. The van der Waals surface area contributed by atoms with E-state index in [0.717, 1.165) is 27.5 Å². The first-order chi connectivity index (χ1) is 15.9. The highest BCUT2D eigenvalue weighted by atomic mass is 32.3. The third-order valence-electron chi connectivity index (χ3n) is 5.53. The van der Waals surface area contributed by atoms with Crippen molar-refractivity contribution in [2.45, 2.75) is 11.8 Å². The molecular formula is C26H29NO5S. The van der Waals surface area contributed by atoms with Crippen LogP contribution in [0.15, 0.2) is 53.4 Å². The van der Waals surface area contributed by atoms with Crippen LogP contribution in [0.4, 0.5) is 5.69 Å². The lowest BCUT2D eigenvalue weighted by Gasteiger charge is -2.30. The SMILES string of the molecule is COc1cc(/C=C\c2ccc(OC)c3c2NS(C)(c2ccc(C)cc2)O3)cc(OC)c1OC. The third kappa shape index (κ3) is 4.28. The summed E-state index contributed by atoms with van der Waals surface area (Å²) in [5.74, 6) is 3.20. The summed E-state index contributed by atoms with van der Waals surface area (Å²) in [6, 6.07) is 16.2. The predicted molar refractivity (Wildman–Crippen MR) is 135 cm³/mol. The van der Waals surface area contributed by atoms with Gasteiger partial charge in [0.25, 0.3) is 0 Å². The maximum Gasteiger partial charge on any atom is 0.203 e. The average molecular weight is 468 g/mol. The zero-order valence-corrected chi connectivity index (χ0v) is 20.5. The van der Waals surface area contributed by atoms with Gasteiger partial charge in [0.15, 0.2) is 17.2 Å². The average Bonchev–Trinajstić information content (AvgIpc) is 3.20. The molecule has 0 aromatic heterocycles. The highest BCUT2D eigenvalue weighted by molar-refractivity contribution is 8.31. The number of methoxy groups -OCH3 is 4. The summed E-state index contributed by atoms with van der Waals surface area (Å²) >= 11 is 0. The van der Waals surface area contributed by atoms with Crippen LogP contribution in [0, 0.1) is 6.92 Å². The Morgan fingerprint density at radius 1 is 0.788 bits per heavy atom. The minimum Gasteiger partial charge on any atom is -0.493 e. The second-order valence-corrected chi connectivity index (χ2v) is 10.2. The molecule has 4 rings (SSSR count). The number of hydrogen-bond acceptors (Lipinski definition) is 6. The first-order valence-electron chi connectivity index (χ1n) is 10.4. The first kappa shape index (κ1) is 22.7. The molecule has 0 bridgehead atoms. The molecule has 1 atom stereocenters. The predicted octanol–water partition coefficient (Wildman–Crippen LogP) is 6.33. The molecule has 0 aliphatic carbocycles. The van der Waals surface area contributed by atoms with Crippen LogP contribution in [-0.4, -0.2) is 34.7 Å². The van der Waals surface area contributed by atoms with E-state index in [0.29, 0.717) is 23.0 Å². The van der Waals surface area contributed by atoms with Gasteiger partial charge in [-0.25, -0.2) is 0 Å². The van der Waals surface area contributed by atoms with Gasteiger partial charge in [0.05, 0.1) is 28.4 Å². The van der Waals surface area contributed by atoms with Gasteiger partial charge in [-0.2, -0.15) is 0 Å². The molecular weight excluding hydrogens is 438 g/mol. The first-order valence-corrected chi connectivity index (χ1v) is 12.4. The molecule has 3 aromatic rings. The number of aryl methyl sites for hydroxylation is 1. The number of fused-ring (bicyclic) bond motifs is 1. The summed E-state index contributed by atoms with van der Waals surface area (Å²) in [6.07, 6.45) is 6.14. The minimum absolute atomic E-state index is 0.565. The van der Waals surface area contributed by atoms with E-state index in [4.69, 9.17) is 23.1 Å². The van der Waals surface area contributed by atoms with Crippen molar-refractivity contribution in [1.29, 1.82) is 0 Å². The Morgan fingerprint density at radius 3 is 2.00 bits per heavy atom. The Morgan fingerprint density at radius 2 is 1.42 bits per heavy atom. The van der Waals surface area contributed by atoms with Crippen LogP contribution in [0.2, 0.25) is 0 Å². The lowest BCUT2D eigenvalue weighted by Crippen LogP contribution is -2.09. The van der Waals surface area contributed by atoms with Gasteiger partial charge in [-0.1, -0.05) is 29.8 Å². The van der Waals surface area contributed by atoms with E-state index in [9.17, 15) is 0 Å². The molecule has 1 N–H and O–H groups in total. The normalized spacial score (nSPS) is 18.6. The molecule has 1 aliphatic rings. The van der Waals surface area contributed by atoms with Crippen LogP contribution in [0.25, 0.3) is 12.2 Å². The van der Waals surface area contributed by atoms with Gasteiger partial charge < -0.3 is 27.9 Å². The molecule has 7 heteroatoms. The highest BCUT2D eigenvalue weighted by Gasteiger charge is 2.35. The van der Waals surface area contributed by atoms with Gasteiger partial charge in [0, 0.05) is 27.2 Å². The molecule has 0 amide bonds. The van der Waals surface area contributed by atoms with Gasteiger partial charge in [0.2, 0.25) is 11.5 Å². The van der Waals surface area contributed by atoms with Gasteiger partial charge in [-0.15, -0.1) is 0 Å². The lowest BCUT2D eigenvalue weighted by atomic mass is 10.1. The summed E-state index contributed by atoms with van der Waals surface area (Å²) in [7, 11) is 4.72. The summed E-state index contributed by atoms with van der Waals surface area (Å²) < 4.78 is 32.1. The fourth-order valence-electron chi connectivity index (χ4n) is 3.74. The zero-order valence-electron chi connectivity index (χ0n) is 19.7. The van der Waals surface area contributed by atoms with Crippen LogP contribution in [0.1, 0.15) is 16.7 Å². The van der Waals surface area contributed by atoms with E-state index in [-0.39, 0.29) is 0 Å². The largest absolute Gasteiger partial charge is 0.493 e. The molecule has 0 fully saturated rings. The molecule has 1 heterocycles. The molecule has 174 valence electrons. The van der Waals surface area contributed by atoms with Gasteiger partial charge in [0.1, 0.15) is 5.69 Å². The molecule has 3 aromatic carbocycles. The van der Waals surface area contributed by atoms with Gasteiger partial charge >= 0.3 is 0 Å². The number of benzene rings is 3. The number of hydrogen-bond donors (Lipinski definition) is 1. The fourth-order valence-corrected chi connectivity index (χ4v) is 5.75. The van der Waals surface area contributed by atoms with E-state index < -0.39 is 10.5 Å². The van der Waals surface area contributed by atoms with E-state index >= 15 is 0 Å². The standard InChI is InChI=1S/C26H29NO5S/c1-17-7-12-20(13-8-17)33(6)27-24-19(11-14-21(28-2)26(24)32-33)10-9-18-15-22(29-3)25(31-5)23(16-18)30-4/h7-16,27H,1-6H3/b10-9-. The van der Waals surface area contributed by atoms with Crippen molar-refractivity contribution < 1.29 is 23.1 Å². The van der Waals surface area contributed by atoms with Gasteiger partial charge in [-0.05, 0) is 48.9 Å². The molecule has 1 aliphatic heterocycles. The van der Waals surface area contributed by atoms with Crippen LogP contribution in [0.3, 0.4) is 0 Å². The zero-order chi connectivity index (χ0) is 23.6. The van der Waals surface area contributed by atoms with Crippen molar-refractivity contribution >= 4 is 28.3 Å². The Hall–Kier alpha value is -3.45. The summed E-state index contributed by atoms with van der Waals surface area (Å²) in [4.78, 5) is 1.12.